The molecule has 0 aromatic heterocycles. The number of carbonyl (C=O) groups is 2. The maximum Gasteiger partial charge on any atom is 0.275 e. The third-order valence-corrected chi connectivity index (χ3v) is 3.26. The van der Waals surface area contributed by atoms with Crippen molar-refractivity contribution in [1.82, 2.24) is 5.43 Å². The molecule has 2 N–H and O–H groups in total. The summed E-state index contributed by atoms with van der Waals surface area (Å²) in [5, 5.41) is 6.34. The molecule has 25 heavy (non-hydrogen) atoms. The Kier molecular flexibility index (Phi) is 6.22. The summed E-state index contributed by atoms with van der Waals surface area (Å²) in [4.78, 5) is 24.0. The third-order valence-electron chi connectivity index (χ3n) is 3.26. The molecule has 0 heterocycles. The second-order valence-electron chi connectivity index (χ2n) is 5.19. The lowest BCUT2D eigenvalue weighted by molar-refractivity contribution is -0.115. The van der Waals surface area contributed by atoms with Gasteiger partial charge < -0.3 is 10.1 Å². The van der Waals surface area contributed by atoms with Gasteiger partial charge in [-0.25, -0.2) is 9.82 Å². The summed E-state index contributed by atoms with van der Waals surface area (Å²) in [5.41, 5.74) is 3.17. The molecular formula is C18H18FN3O3. The summed E-state index contributed by atoms with van der Waals surface area (Å²) in [5.74, 6) is -0.982. The number of hydrazone groups is 1. The zero-order chi connectivity index (χ0) is 18.2. The van der Waals surface area contributed by atoms with Gasteiger partial charge in [0, 0.05) is 5.71 Å². The molecule has 2 aromatic rings. The molecule has 7 heteroatoms. The first-order chi connectivity index (χ1) is 12.0. The Balaban J connectivity index is 1.94. The summed E-state index contributed by atoms with van der Waals surface area (Å²) in [7, 11) is 1.47. The van der Waals surface area contributed by atoms with E-state index >= 15 is 0 Å². The smallest absolute Gasteiger partial charge is 0.275 e. The molecule has 2 rings (SSSR count). The largest absolute Gasteiger partial charge is 0.496 e. The van der Waals surface area contributed by atoms with E-state index in [1.807, 2.05) is 0 Å². The van der Waals surface area contributed by atoms with Crippen LogP contribution in [0.2, 0.25) is 0 Å². The lowest BCUT2D eigenvalue weighted by Gasteiger charge is -2.08. The summed E-state index contributed by atoms with van der Waals surface area (Å²) in [6, 6.07) is 12.6. The monoisotopic (exact) mass is 343 g/mol. The number of amides is 2. The third kappa shape index (κ3) is 5.13. The number of halogens is 1. The van der Waals surface area contributed by atoms with Crippen LogP contribution in [0.3, 0.4) is 0 Å². The molecule has 130 valence electrons. The number of carbonyl (C=O) groups excluding carboxylic acids is 2. The minimum Gasteiger partial charge on any atom is -0.496 e. The van der Waals surface area contributed by atoms with Crippen molar-refractivity contribution >= 4 is 23.2 Å². The minimum atomic E-state index is -0.519. The topological polar surface area (TPSA) is 79.8 Å². The summed E-state index contributed by atoms with van der Waals surface area (Å²) < 4.78 is 18.6. The van der Waals surface area contributed by atoms with E-state index in [0.29, 0.717) is 17.0 Å². The van der Waals surface area contributed by atoms with E-state index in [2.05, 4.69) is 15.8 Å². The number of nitrogens with zero attached hydrogens (tertiary/aromatic N) is 1. The van der Waals surface area contributed by atoms with Crippen molar-refractivity contribution < 1.29 is 18.7 Å². The zero-order valence-corrected chi connectivity index (χ0v) is 13.9. The first-order valence-electron chi connectivity index (χ1n) is 7.52. The lowest BCUT2D eigenvalue weighted by Crippen LogP contribution is -2.22. The molecule has 2 aromatic carbocycles. The summed E-state index contributed by atoms with van der Waals surface area (Å²) >= 11 is 0. The van der Waals surface area contributed by atoms with Crippen LogP contribution in [0.1, 0.15) is 23.7 Å². The zero-order valence-electron chi connectivity index (χ0n) is 13.9. The van der Waals surface area contributed by atoms with Gasteiger partial charge in [-0.2, -0.15) is 5.10 Å². The van der Waals surface area contributed by atoms with E-state index in [4.69, 9.17) is 4.74 Å². The molecule has 6 nitrogen and oxygen atoms in total. The minimum absolute atomic E-state index is 0.0828. The van der Waals surface area contributed by atoms with Crippen molar-refractivity contribution in [1.29, 1.82) is 0 Å². The number of hydrogen-bond acceptors (Lipinski definition) is 4. The van der Waals surface area contributed by atoms with E-state index in [0.717, 1.165) is 0 Å². The van der Waals surface area contributed by atoms with Crippen molar-refractivity contribution in [2.45, 2.75) is 13.3 Å². The molecule has 0 unspecified atom stereocenters. The van der Waals surface area contributed by atoms with Crippen LogP contribution in [0, 0.1) is 5.82 Å². The van der Waals surface area contributed by atoms with Gasteiger partial charge in [0.1, 0.15) is 11.6 Å². The predicted molar refractivity (Wildman–Crippen MR) is 93.2 cm³/mol. The molecule has 0 atom stereocenters. The van der Waals surface area contributed by atoms with Crippen molar-refractivity contribution in [3.8, 4) is 5.75 Å². The number of anilines is 1. The van der Waals surface area contributed by atoms with Gasteiger partial charge in [0.15, 0.2) is 0 Å². The second kappa shape index (κ2) is 8.58. The number of rotatable bonds is 6. The van der Waals surface area contributed by atoms with Crippen molar-refractivity contribution in [3.05, 3.63) is 59.9 Å². The lowest BCUT2D eigenvalue weighted by atomic mass is 10.2. The quantitative estimate of drug-likeness (QED) is 0.625. The Hall–Kier alpha value is -3.22. The van der Waals surface area contributed by atoms with E-state index in [1.54, 1.807) is 37.3 Å². The Labute approximate surface area is 144 Å². The Bertz CT molecular complexity index is 806. The van der Waals surface area contributed by atoms with E-state index in [1.165, 1.54) is 25.3 Å². The maximum atomic E-state index is 13.5. The van der Waals surface area contributed by atoms with Crippen LogP contribution in [0.4, 0.5) is 10.1 Å². The van der Waals surface area contributed by atoms with E-state index in [-0.39, 0.29) is 12.1 Å². The molecule has 0 saturated heterocycles. The van der Waals surface area contributed by atoms with Crippen LogP contribution in [-0.4, -0.2) is 24.6 Å². The average Bonchev–Trinajstić information content (AvgIpc) is 2.61. The maximum absolute atomic E-state index is 13.5. The van der Waals surface area contributed by atoms with Crippen LogP contribution in [0.25, 0.3) is 0 Å². The normalized spacial score (nSPS) is 10.9. The molecule has 0 spiro atoms. The molecule has 0 aliphatic rings. The number of benzene rings is 2. The van der Waals surface area contributed by atoms with Crippen molar-refractivity contribution in [2.24, 2.45) is 5.10 Å². The molecule has 0 bridgehead atoms. The van der Waals surface area contributed by atoms with Gasteiger partial charge in [-0.15, -0.1) is 0 Å². The van der Waals surface area contributed by atoms with Crippen LogP contribution in [0.5, 0.6) is 5.75 Å². The highest BCUT2D eigenvalue weighted by Crippen LogP contribution is 2.16. The van der Waals surface area contributed by atoms with Crippen LogP contribution < -0.4 is 15.5 Å². The van der Waals surface area contributed by atoms with Gasteiger partial charge in [-0.3, -0.25) is 9.59 Å². The fourth-order valence-corrected chi connectivity index (χ4v) is 2.07. The Morgan fingerprint density at radius 2 is 1.80 bits per heavy atom. The van der Waals surface area contributed by atoms with Crippen molar-refractivity contribution in [3.63, 3.8) is 0 Å². The Morgan fingerprint density at radius 3 is 2.52 bits per heavy atom. The fraction of sp³-hybridized carbons (Fsp3) is 0.167. The van der Waals surface area contributed by atoms with E-state index in [9.17, 15) is 14.0 Å². The number of nitrogens with one attached hydrogen (secondary N) is 2. The van der Waals surface area contributed by atoms with Gasteiger partial charge in [-0.1, -0.05) is 24.3 Å². The van der Waals surface area contributed by atoms with Gasteiger partial charge in [0.25, 0.3) is 5.91 Å². The highest BCUT2D eigenvalue weighted by atomic mass is 19.1. The average molecular weight is 343 g/mol. The van der Waals surface area contributed by atoms with Gasteiger partial charge >= 0.3 is 0 Å². The number of hydrogen-bond donors (Lipinski definition) is 2. The number of methoxy groups -OCH3 is 1. The fourth-order valence-electron chi connectivity index (χ4n) is 2.07. The van der Waals surface area contributed by atoms with Crippen molar-refractivity contribution in [2.75, 3.05) is 12.4 Å². The first kappa shape index (κ1) is 18.1. The molecule has 0 aliphatic heterocycles. The van der Waals surface area contributed by atoms with Crippen LogP contribution >= 0.6 is 0 Å². The molecule has 0 aliphatic carbocycles. The molecule has 0 radical (unpaired) electrons. The highest BCUT2D eigenvalue weighted by Gasteiger charge is 2.11. The van der Waals surface area contributed by atoms with Gasteiger partial charge in [0.05, 0.1) is 24.8 Å². The number of para-hydroxylation sites is 2. The Morgan fingerprint density at radius 1 is 1.12 bits per heavy atom. The summed E-state index contributed by atoms with van der Waals surface area (Å²) in [6.07, 6.45) is -0.0828. The molecule has 2 amide bonds. The number of ether oxygens (including phenoxy) is 1. The highest BCUT2D eigenvalue weighted by molar-refractivity contribution is 6.06. The standard InChI is InChI=1S/C18H18FN3O3/c1-12(11-17(23)20-15-9-5-4-8-14(15)19)21-22-18(24)13-7-3-6-10-16(13)25-2/h3-10H,11H2,1-2H3,(H,20,23)(H,22,24). The van der Waals surface area contributed by atoms with Gasteiger partial charge in [0.2, 0.25) is 5.91 Å². The summed E-state index contributed by atoms with van der Waals surface area (Å²) in [6.45, 7) is 1.59. The molecule has 0 fully saturated rings. The van der Waals surface area contributed by atoms with E-state index < -0.39 is 17.6 Å². The molecular weight excluding hydrogens is 325 g/mol. The van der Waals surface area contributed by atoms with Crippen LogP contribution in [0.15, 0.2) is 53.6 Å². The predicted octanol–water partition coefficient (Wildman–Crippen LogP) is 2.97. The first-order valence-corrected chi connectivity index (χ1v) is 7.52. The molecule has 0 saturated carbocycles. The van der Waals surface area contributed by atoms with Gasteiger partial charge in [-0.05, 0) is 31.2 Å². The second-order valence-corrected chi connectivity index (χ2v) is 5.19. The SMILES string of the molecule is COc1ccccc1C(=O)NN=C(C)CC(=O)Nc1ccccc1F. The van der Waals surface area contributed by atoms with Crippen LogP contribution in [-0.2, 0) is 4.79 Å².